The van der Waals surface area contributed by atoms with Crippen LogP contribution in [0, 0.1) is 11.8 Å². The Bertz CT molecular complexity index is 127. The zero-order valence-electron chi connectivity index (χ0n) is 7.26. The fourth-order valence-electron chi connectivity index (χ4n) is 2.99. The van der Waals surface area contributed by atoms with Gasteiger partial charge in [-0.15, -0.1) is 0 Å². The molecule has 2 rings (SSSR count). The quantitative estimate of drug-likeness (QED) is 0.614. The predicted molar refractivity (Wildman–Crippen MR) is 47.3 cm³/mol. The first-order chi connectivity index (χ1) is 5.38. The van der Waals surface area contributed by atoms with E-state index in [1.54, 1.807) is 0 Å². The van der Waals surface area contributed by atoms with E-state index in [-0.39, 0.29) is 0 Å². The minimum absolute atomic E-state index is 0.554. The first-order valence-corrected chi connectivity index (χ1v) is 5.13. The van der Waals surface area contributed by atoms with Crippen LogP contribution in [-0.2, 0) is 0 Å². The molecule has 0 aromatic rings. The molecule has 0 unspecified atom stereocenters. The second-order valence-electron chi connectivity index (χ2n) is 4.30. The fourth-order valence-corrected chi connectivity index (χ4v) is 2.99. The van der Waals surface area contributed by atoms with Crippen molar-refractivity contribution in [2.75, 3.05) is 0 Å². The molecule has 11 heavy (non-hydrogen) atoms. The summed E-state index contributed by atoms with van der Waals surface area (Å²) in [5.74, 6) is 1.91. The van der Waals surface area contributed by atoms with E-state index in [1.807, 2.05) is 0 Å². The lowest BCUT2D eigenvalue weighted by molar-refractivity contribution is 0.316. The summed E-state index contributed by atoms with van der Waals surface area (Å²) in [7, 11) is 0. The Hall–Kier alpha value is -0.0400. The molecule has 2 saturated carbocycles. The van der Waals surface area contributed by atoms with Gasteiger partial charge in [0, 0.05) is 6.04 Å². The van der Waals surface area contributed by atoms with Crippen LogP contribution in [0.5, 0.6) is 0 Å². The maximum Gasteiger partial charge on any atom is 0.00698 e. The number of hydrogen-bond donors (Lipinski definition) is 1. The minimum atomic E-state index is 0.554. The Morgan fingerprint density at radius 3 is 2.09 bits per heavy atom. The topological polar surface area (TPSA) is 26.0 Å². The summed E-state index contributed by atoms with van der Waals surface area (Å²) in [6, 6.07) is 0.554. The lowest BCUT2D eigenvalue weighted by Crippen LogP contribution is -2.29. The molecule has 1 nitrogen and oxygen atoms in total. The predicted octanol–water partition coefficient (Wildman–Crippen LogP) is 2.30. The van der Waals surface area contributed by atoms with Crippen LogP contribution in [0.1, 0.15) is 44.9 Å². The molecule has 2 aliphatic rings. The molecule has 0 radical (unpaired) electrons. The molecule has 0 heterocycles. The van der Waals surface area contributed by atoms with Gasteiger partial charge >= 0.3 is 0 Å². The summed E-state index contributed by atoms with van der Waals surface area (Å²) >= 11 is 0. The molecule has 0 bridgehead atoms. The Morgan fingerprint density at radius 2 is 1.55 bits per heavy atom. The molecule has 2 aliphatic carbocycles. The Kier molecular flexibility index (Phi) is 2.17. The zero-order chi connectivity index (χ0) is 7.68. The zero-order valence-corrected chi connectivity index (χ0v) is 7.26. The third-order valence-electron chi connectivity index (χ3n) is 3.63. The van der Waals surface area contributed by atoms with Gasteiger partial charge in [-0.1, -0.05) is 32.1 Å². The van der Waals surface area contributed by atoms with Gasteiger partial charge in [0.2, 0.25) is 0 Å². The van der Waals surface area contributed by atoms with E-state index in [4.69, 9.17) is 5.73 Å². The van der Waals surface area contributed by atoms with Crippen LogP contribution in [0.2, 0.25) is 0 Å². The number of nitrogens with two attached hydrogens (primary N) is 1. The van der Waals surface area contributed by atoms with Crippen LogP contribution in [0.25, 0.3) is 0 Å². The lowest BCUT2D eigenvalue weighted by Gasteiger charge is -2.21. The van der Waals surface area contributed by atoms with E-state index in [0.29, 0.717) is 6.04 Å². The normalized spacial score (nSPS) is 40.1. The van der Waals surface area contributed by atoms with Gasteiger partial charge in [-0.05, 0) is 24.7 Å². The average Bonchev–Trinajstić information content (AvgIpc) is 2.55. The highest BCUT2D eigenvalue weighted by molar-refractivity contribution is 4.87. The molecule has 2 N–H and O–H groups in total. The van der Waals surface area contributed by atoms with E-state index >= 15 is 0 Å². The maximum atomic E-state index is 6.06. The van der Waals surface area contributed by atoms with Crippen molar-refractivity contribution in [1.82, 2.24) is 0 Å². The van der Waals surface area contributed by atoms with Gasteiger partial charge in [0.15, 0.2) is 0 Å². The first kappa shape index (κ1) is 7.60. The average molecular weight is 153 g/mol. The molecule has 64 valence electrons. The van der Waals surface area contributed by atoms with Crippen molar-refractivity contribution in [3.63, 3.8) is 0 Å². The summed E-state index contributed by atoms with van der Waals surface area (Å²) < 4.78 is 0. The first-order valence-electron chi connectivity index (χ1n) is 5.13. The molecule has 0 aromatic heterocycles. The molecule has 0 amide bonds. The van der Waals surface area contributed by atoms with E-state index in [9.17, 15) is 0 Å². The second kappa shape index (κ2) is 3.14. The van der Waals surface area contributed by atoms with E-state index in [0.717, 1.165) is 11.8 Å². The highest BCUT2D eigenvalue weighted by Crippen LogP contribution is 2.39. The van der Waals surface area contributed by atoms with Gasteiger partial charge in [0.25, 0.3) is 0 Å². The minimum Gasteiger partial charge on any atom is -0.327 e. The smallest absolute Gasteiger partial charge is 0.00698 e. The number of hydrogen-bond acceptors (Lipinski definition) is 1. The molecule has 0 saturated heterocycles. The lowest BCUT2D eigenvalue weighted by atomic mass is 9.87. The van der Waals surface area contributed by atoms with E-state index in [1.165, 1.54) is 44.9 Å². The molecule has 2 fully saturated rings. The van der Waals surface area contributed by atoms with Crippen molar-refractivity contribution >= 4 is 0 Å². The van der Waals surface area contributed by atoms with Crippen molar-refractivity contribution in [3.05, 3.63) is 0 Å². The van der Waals surface area contributed by atoms with Crippen molar-refractivity contribution in [1.29, 1.82) is 0 Å². The summed E-state index contributed by atoms with van der Waals surface area (Å²) in [6.07, 6.45) is 9.98. The van der Waals surface area contributed by atoms with Crippen LogP contribution in [0.4, 0.5) is 0 Å². The Balaban J connectivity index is 1.92. The van der Waals surface area contributed by atoms with Crippen LogP contribution in [0.15, 0.2) is 0 Å². The molecule has 2 atom stereocenters. The second-order valence-corrected chi connectivity index (χ2v) is 4.30. The van der Waals surface area contributed by atoms with Gasteiger partial charge in [-0.25, -0.2) is 0 Å². The summed E-state index contributed by atoms with van der Waals surface area (Å²) in [4.78, 5) is 0. The SMILES string of the molecule is N[C@@H]1CCC[C@H]1C1CCCC1. The Morgan fingerprint density at radius 1 is 0.818 bits per heavy atom. The summed E-state index contributed by atoms with van der Waals surface area (Å²) in [5, 5.41) is 0. The maximum absolute atomic E-state index is 6.06. The van der Waals surface area contributed by atoms with Crippen molar-refractivity contribution in [2.45, 2.75) is 51.0 Å². The molecular weight excluding hydrogens is 134 g/mol. The summed E-state index contributed by atoms with van der Waals surface area (Å²) in [6.45, 7) is 0. The van der Waals surface area contributed by atoms with Crippen molar-refractivity contribution in [2.24, 2.45) is 17.6 Å². The highest BCUT2D eigenvalue weighted by atomic mass is 14.7. The molecule has 0 spiro atoms. The molecular formula is C10H19N. The van der Waals surface area contributed by atoms with Gasteiger partial charge in [0.05, 0.1) is 0 Å². The molecule has 0 aromatic carbocycles. The molecule has 0 aliphatic heterocycles. The summed E-state index contributed by atoms with van der Waals surface area (Å²) in [5.41, 5.74) is 6.06. The van der Waals surface area contributed by atoms with Crippen molar-refractivity contribution in [3.8, 4) is 0 Å². The van der Waals surface area contributed by atoms with Crippen LogP contribution in [-0.4, -0.2) is 6.04 Å². The van der Waals surface area contributed by atoms with E-state index < -0.39 is 0 Å². The fraction of sp³-hybridized carbons (Fsp3) is 1.00. The van der Waals surface area contributed by atoms with Gasteiger partial charge < -0.3 is 5.73 Å². The van der Waals surface area contributed by atoms with Crippen LogP contribution >= 0.6 is 0 Å². The van der Waals surface area contributed by atoms with Crippen LogP contribution < -0.4 is 5.73 Å². The number of rotatable bonds is 1. The largest absolute Gasteiger partial charge is 0.327 e. The Labute approximate surface area is 69.4 Å². The van der Waals surface area contributed by atoms with Gasteiger partial charge in [0.1, 0.15) is 0 Å². The monoisotopic (exact) mass is 153 g/mol. The standard InChI is InChI=1S/C10H19N/c11-10-7-3-6-9(10)8-4-1-2-5-8/h8-10H,1-7,11H2/t9-,10+/m0/s1. The highest BCUT2D eigenvalue weighted by Gasteiger charge is 2.32. The van der Waals surface area contributed by atoms with Gasteiger partial charge in [-0.2, -0.15) is 0 Å². The van der Waals surface area contributed by atoms with Crippen LogP contribution in [0.3, 0.4) is 0 Å². The molecule has 1 heteroatoms. The van der Waals surface area contributed by atoms with E-state index in [2.05, 4.69) is 0 Å². The van der Waals surface area contributed by atoms with Crippen molar-refractivity contribution < 1.29 is 0 Å². The van der Waals surface area contributed by atoms with Gasteiger partial charge in [-0.3, -0.25) is 0 Å². The third-order valence-corrected chi connectivity index (χ3v) is 3.63. The third kappa shape index (κ3) is 1.44.